The monoisotopic (exact) mass is 332 g/mol. The zero-order chi connectivity index (χ0) is 15.7. The minimum absolute atomic E-state index is 0.0327. The van der Waals surface area contributed by atoms with E-state index in [9.17, 15) is 4.79 Å². The average Bonchev–Trinajstić information content (AvgIpc) is 2.80. The van der Waals surface area contributed by atoms with Crippen molar-refractivity contribution in [1.82, 2.24) is 0 Å². The van der Waals surface area contributed by atoms with Crippen molar-refractivity contribution in [3.05, 3.63) is 51.7 Å². The average molecular weight is 333 g/mol. The maximum Gasteiger partial charge on any atom is 0.228 e. The molecule has 3 rings (SSSR count). The van der Waals surface area contributed by atoms with Gasteiger partial charge in [0.2, 0.25) is 5.91 Å². The van der Waals surface area contributed by atoms with Crippen LogP contribution in [-0.4, -0.2) is 10.8 Å². The molecule has 1 aromatic carbocycles. The number of hydrogen-bond acceptors (Lipinski definition) is 3. The van der Waals surface area contributed by atoms with Crippen LogP contribution in [0.2, 0.25) is 5.02 Å². The maximum absolute atomic E-state index is 11.4. The molecule has 1 aromatic rings. The van der Waals surface area contributed by atoms with Crippen molar-refractivity contribution in [2.75, 3.05) is 5.32 Å². The second-order valence-corrected chi connectivity index (χ2v) is 6.54. The standard InChI is InChI=1S/C17H17ClN2OS/c18-14-9-15-12(7-17(21)20-15)6-11(14)3-1-2-10-4-5-13(19)8-16(10)22/h4,6,8-9H,1-3,5,7,19H2,(H,20,21). The van der Waals surface area contributed by atoms with Crippen molar-refractivity contribution in [3.8, 4) is 0 Å². The molecule has 0 saturated carbocycles. The van der Waals surface area contributed by atoms with Crippen molar-refractivity contribution in [3.63, 3.8) is 0 Å². The molecule has 1 aliphatic heterocycles. The van der Waals surface area contributed by atoms with E-state index in [1.54, 1.807) is 0 Å². The van der Waals surface area contributed by atoms with E-state index in [1.165, 1.54) is 5.57 Å². The summed E-state index contributed by atoms with van der Waals surface area (Å²) >= 11 is 11.6. The molecular weight excluding hydrogens is 316 g/mol. The van der Waals surface area contributed by atoms with Crippen LogP contribution < -0.4 is 11.1 Å². The van der Waals surface area contributed by atoms with Gasteiger partial charge in [0.15, 0.2) is 0 Å². The third kappa shape index (κ3) is 3.23. The highest BCUT2D eigenvalue weighted by Crippen LogP contribution is 2.31. The quantitative estimate of drug-likeness (QED) is 0.827. The van der Waals surface area contributed by atoms with Gasteiger partial charge in [-0.3, -0.25) is 4.79 Å². The minimum atomic E-state index is 0.0327. The van der Waals surface area contributed by atoms with Crippen LogP contribution >= 0.6 is 23.8 Å². The topological polar surface area (TPSA) is 55.1 Å². The van der Waals surface area contributed by atoms with Gasteiger partial charge in [-0.1, -0.05) is 36.0 Å². The number of carbonyl (C=O) groups is 1. The number of halogens is 1. The first-order valence-corrected chi connectivity index (χ1v) is 8.12. The Morgan fingerprint density at radius 2 is 2.14 bits per heavy atom. The number of aryl methyl sites for hydroxylation is 1. The summed E-state index contributed by atoms with van der Waals surface area (Å²) in [6, 6.07) is 3.89. The predicted octanol–water partition coefficient (Wildman–Crippen LogP) is 3.70. The number of fused-ring (bicyclic) bond motifs is 1. The lowest BCUT2D eigenvalue weighted by molar-refractivity contribution is -0.115. The van der Waals surface area contributed by atoms with Crippen LogP contribution in [0.4, 0.5) is 5.69 Å². The fourth-order valence-electron chi connectivity index (χ4n) is 2.85. The predicted molar refractivity (Wildman–Crippen MR) is 94.3 cm³/mol. The second-order valence-electron chi connectivity index (χ2n) is 5.70. The number of thiocarbonyl (C=S) groups is 1. The minimum Gasteiger partial charge on any atom is -0.402 e. The summed E-state index contributed by atoms with van der Waals surface area (Å²) < 4.78 is 0. The van der Waals surface area contributed by atoms with Crippen LogP contribution in [0.5, 0.6) is 0 Å². The Balaban J connectivity index is 1.62. The summed E-state index contributed by atoms with van der Waals surface area (Å²) in [5.74, 6) is 0.0327. The largest absolute Gasteiger partial charge is 0.402 e. The van der Waals surface area contributed by atoms with Crippen LogP contribution in [0.15, 0.2) is 35.6 Å². The van der Waals surface area contributed by atoms with Crippen LogP contribution in [-0.2, 0) is 17.6 Å². The number of nitrogens with one attached hydrogen (secondary N) is 1. The van der Waals surface area contributed by atoms with Crippen LogP contribution in [0.3, 0.4) is 0 Å². The van der Waals surface area contributed by atoms with E-state index < -0.39 is 0 Å². The zero-order valence-electron chi connectivity index (χ0n) is 12.1. The van der Waals surface area contributed by atoms with E-state index in [1.807, 2.05) is 18.2 Å². The lowest BCUT2D eigenvalue weighted by Gasteiger charge is -2.13. The van der Waals surface area contributed by atoms with Gasteiger partial charge < -0.3 is 11.1 Å². The van der Waals surface area contributed by atoms with Gasteiger partial charge >= 0.3 is 0 Å². The summed E-state index contributed by atoms with van der Waals surface area (Å²) in [7, 11) is 0. The molecule has 0 saturated heterocycles. The lowest BCUT2D eigenvalue weighted by atomic mass is 9.96. The molecule has 2 aliphatic rings. The van der Waals surface area contributed by atoms with Gasteiger partial charge in [-0.25, -0.2) is 0 Å². The first-order valence-electron chi connectivity index (χ1n) is 7.33. The number of rotatable bonds is 4. The van der Waals surface area contributed by atoms with E-state index in [4.69, 9.17) is 29.6 Å². The number of carbonyl (C=O) groups excluding carboxylic acids is 1. The summed E-state index contributed by atoms with van der Waals surface area (Å²) in [5, 5.41) is 3.53. The SMILES string of the molecule is NC1=CC(=S)C(CCCc2cc3c(cc2Cl)NC(=O)C3)=CC1. The lowest BCUT2D eigenvalue weighted by Crippen LogP contribution is -2.08. The first kappa shape index (κ1) is 15.3. The third-order valence-electron chi connectivity index (χ3n) is 4.01. The Morgan fingerprint density at radius 3 is 2.91 bits per heavy atom. The molecule has 1 amide bonds. The maximum atomic E-state index is 11.4. The van der Waals surface area contributed by atoms with Gasteiger partial charge in [-0.05, 0) is 48.1 Å². The number of nitrogens with two attached hydrogens (primary N) is 1. The number of benzene rings is 1. The highest BCUT2D eigenvalue weighted by molar-refractivity contribution is 7.81. The summed E-state index contributed by atoms with van der Waals surface area (Å²) in [4.78, 5) is 12.3. The smallest absolute Gasteiger partial charge is 0.228 e. The molecule has 0 unspecified atom stereocenters. The highest BCUT2D eigenvalue weighted by Gasteiger charge is 2.19. The van der Waals surface area contributed by atoms with Crippen molar-refractivity contribution in [2.45, 2.75) is 32.1 Å². The molecule has 0 bridgehead atoms. The molecule has 0 radical (unpaired) electrons. The number of allylic oxidation sites excluding steroid dienone is 3. The van der Waals surface area contributed by atoms with Crippen molar-refractivity contribution < 1.29 is 4.79 Å². The Hall–Kier alpha value is -1.65. The molecule has 3 nitrogen and oxygen atoms in total. The molecule has 114 valence electrons. The van der Waals surface area contributed by atoms with E-state index in [-0.39, 0.29) is 5.91 Å². The Kier molecular flexibility index (Phi) is 4.32. The van der Waals surface area contributed by atoms with Crippen molar-refractivity contribution >= 4 is 40.3 Å². The molecule has 0 fully saturated rings. The van der Waals surface area contributed by atoms with Crippen molar-refractivity contribution in [2.24, 2.45) is 5.73 Å². The normalized spacial score (nSPS) is 17.0. The van der Waals surface area contributed by atoms with E-state index in [2.05, 4.69) is 11.4 Å². The van der Waals surface area contributed by atoms with Gasteiger partial charge in [-0.15, -0.1) is 0 Å². The van der Waals surface area contributed by atoms with E-state index in [0.29, 0.717) is 11.4 Å². The molecule has 0 aromatic heterocycles. The summed E-state index contributed by atoms with van der Waals surface area (Å²) in [6.45, 7) is 0. The van der Waals surface area contributed by atoms with Gasteiger partial charge in [-0.2, -0.15) is 0 Å². The number of amides is 1. The molecule has 1 aliphatic carbocycles. The zero-order valence-corrected chi connectivity index (χ0v) is 13.7. The van der Waals surface area contributed by atoms with Crippen LogP contribution in [0, 0.1) is 0 Å². The van der Waals surface area contributed by atoms with E-state index >= 15 is 0 Å². The van der Waals surface area contributed by atoms with Gasteiger partial charge in [0.25, 0.3) is 0 Å². The van der Waals surface area contributed by atoms with Gasteiger partial charge in [0.05, 0.1) is 6.42 Å². The van der Waals surface area contributed by atoms with Crippen molar-refractivity contribution in [1.29, 1.82) is 0 Å². The fourth-order valence-corrected chi connectivity index (χ4v) is 3.44. The van der Waals surface area contributed by atoms with Crippen LogP contribution in [0.25, 0.3) is 0 Å². The molecule has 3 N–H and O–H groups in total. The van der Waals surface area contributed by atoms with Crippen LogP contribution in [0.1, 0.15) is 30.4 Å². The third-order valence-corrected chi connectivity index (χ3v) is 4.74. The molecule has 0 spiro atoms. The van der Waals surface area contributed by atoms with E-state index in [0.717, 1.165) is 53.1 Å². The molecular formula is C17H17ClN2OS. The summed E-state index contributed by atoms with van der Waals surface area (Å²) in [6.07, 6.45) is 7.99. The molecule has 0 atom stereocenters. The Bertz CT molecular complexity index is 722. The first-order chi connectivity index (χ1) is 10.5. The highest BCUT2D eigenvalue weighted by atomic mass is 35.5. The Labute approximate surface area is 140 Å². The molecule has 1 heterocycles. The van der Waals surface area contributed by atoms with Gasteiger partial charge in [0.1, 0.15) is 0 Å². The molecule has 5 heteroatoms. The molecule has 22 heavy (non-hydrogen) atoms. The summed E-state index contributed by atoms with van der Waals surface area (Å²) in [5.41, 5.74) is 10.8. The second kappa shape index (κ2) is 6.23. The number of anilines is 1. The Morgan fingerprint density at radius 1 is 1.32 bits per heavy atom. The van der Waals surface area contributed by atoms with Gasteiger partial charge in [0, 0.05) is 27.7 Å². The number of hydrogen-bond donors (Lipinski definition) is 2. The fraction of sp³-hybridized carbons (Fsp3) is 0.294.